The van der Waals surface area contributed by atoms with Crippen molar-refractivity contribution in [3.8, 4) is 22.3 Å². The summed E-state index contributed by atoms with van der Waals surface area (Å²) in [6, 6.07) is 47.5. The molecule has 0 aromatic heterocycles. The summed E-state index contributed by atoms with van der Waals surface area (Å²) in [5.74, 6) is 0. The summed E-state index contributed by atoms with van der Waals surface area (Å²) in [5.41, 5.74) is 7.12. The van der Waals surface area contributed by atoms with Gasteiger partial charge in [-0.25, -0.2) is 0 Å². The zero-order valence-corrected chi connectivity index (χ0v) is 18.2. The van der Waals surface area contributed by atoms with Gasteiger partial charge in [0.15, 0.2) is 0 Å². The Labute approximate surface area is 194 Å². The molecule has 0 amide bonds. The van der Waals surface area contributed by atoms with Crippen molar-refractivity contribution in [2.45, 2.75) is 0 Å². The Morgan fingerprint density at radius 3 is 1.55 bits per heavy atom. The van der Waals surface area contributed by atoms with Crippen molar-refractivity contribution in [2.75, 3.05) is 5.32 Å². The molecule has 156 valence electrons. The van der Waals surface area contributed by atoms with E-state index in [1.165, 1.54) is 43.8 Å². The minimum atomic E-state index is 1.09. The highest BCUT2D eigenvalue weighted by Crippen LogP contribution is 2.30. The summed E-state index contributed by atoms with van der Waals surface area (Å²) in [6.07, 6.45) is 0. The van der Waals surface area contributed by atoms with Crippen molar-refractivity contribution in [1.82, 2.24) is 0 Å². The fourth-order valence-corrected chi connectivity index (χ4v) is 4.42. The van der Waals surface area contributed by atoms with E-state index in [0.29, 0.717) is 0 Å². The van der Waals surface area contributed by atoms with Gasteiger partial charge in [-0.15, -0.1) is 0 Å². The Balaban J connectivity index is 1.25. The average molecular weight is 422 g/mol. The van der Waals surface area contributed by atoms with Crippen LogP contribution in [0.3, 0.4) is 0 Å². The zero-order chi connectivity index (χ0) is 22.0. The van der Waals surface area contributed by atoms with Crippen molar-refractivity contribution >= 4 is 32.9 Å². The van der Waals surface area contributed by atoms with Gasteiger partial charge < -0.3 is 5.32 Å². The largest absolute Gasteiger partial charge is 0.356 e. The molecule has 0 aliphatic carbocycles. The lowest BCUT2D eigenvalue weighted by molar-refractivity contribution is 1.55. The normalized spacial score (nSPS) is 11.0. The molecule has 0 spiro atoms. The third kappa shape index (κ3) is 3.97. The summed E-state index contributed by atoms with van der Waals surface area (Å²) in [5, 5.41) is 8.55. The van der Waals surface area contributed by atoms with Crippen molar-refractivity contribution in [3.63, 3.8) is 0 Å². The Morgan fingerprint density at radius 1 is 0.303 bits per heavy atom. The molecule has 0 heterocycles. The minimum absolute atomic E-state index is 1.09. The molecule has 0 fully saturated rings. The molecule has 0 unspecified atom stereocenters. The van der Waals surface area contributed by atoms with Crippen LogP contribution < -0.4 is 5.32 Å². The lowest BCUT2D eigenvalue weighted by Crippen LogP contribution is -1.90. The van der Waals surface area contributed by atoms with Crippen molar-refractivity contribution in [2.24, 2.45) is 0 Å². The highest BCUT2D eigenvalue weighted by Gasteiger charge is 2.04. The van der Waals surface area contributed by atoms with Crippen LogP contribution in [0, 0.1) is 0 Å². The molecular weight excluding hydrogens is 398 g/mol. The first-order valence-corrected chi connectivity index (χ1v) is 11.3. The molecule has 1 N–H and O–H groups in total. The Morgan fingerprint density at radius 2 is 0.788 bits per heavy atom. The van der Waals surface area contributed by atoms with E-state index < -0.39 is 0 Å². The predicted molar refractivity (Wildman–Crippen MR) is 142 cm³/mol. The molecule has 6 rings (SSSR count). The number of hydrogen-bond donors (Lipinski definition) is 1. The van der Waals surface area contributed by atoms with E-state index >= 15 is 0 Å². The standard InChI is InChI=1S/C32H23N/c1-2-6-23(7-3-1)25-14-17-31(18-15-25)33-32-19-16-29-21-28(12-13-30(29)22-32)27-11-10-24-8-4-5-9-26(24)20-27/h1-22,33H. The van der Waals surface area contributed by atoms with Crippen LogP contribution in [0.1, 0.15) is 0 Å². The molecule has 0 aliphatic rings. The summed E-state index contributed by atoms with van der Waals surface area (Å²) >= 11 is 0. The second-order valence-electron chi connectivity index (χ2n) is 8.41. The van der Waals surface area contributed by atoms with Crippen LogP contribution in [0.25, 0.3) is 43.8 Å². The maximum absolute atomic E-state index is 3.54. The van der Waals surface area contributed by atoms with Crippen molar-refractivity contribution in [3.05, 3.63) is 133 Å². The lowest BCUT2D eigenvalue weighted by Gasteiger charge is -2.10. The maximum Gasteiger partial charge on any atom is 0.0390 e. The molecule has 0 atom stereocenters. The number of nitrogens with one attached hydrogen (secondary N) is 1. The quantitative estimate of drug-likeness (QED) is 0.299. The maximum atomic E-state index is 3.54. The zero-order valence-electron chi connectivity index (χ0n) is 18.2. The molecule has 1 nitrogen and oxygen atoms in total. The van der Waals surface area contributed by atoms with Gasteiger partial charge in [-0.3, -0.25) is 0 Å². The third-order valence-corrected chi connectivity index (χ3v) is 6.20. The van der Waals surface area contributed by atoms with Gasteiger partial charge in [0, 0.05) is 11.4 Å². The highest BCUT2D eigenvalue weighted by molar-refractivity contribution is 5.92. The van der Waals surface area contributed by atoms with E-state index in [2.05, 4.69) is 133 Å². The number of rotatable bonds is 4. The number of anilines is 2. The van der Waals surface area contributed by atoms with Gasteiger partial charge in [-0.1, -0.05) is 97.1 Å². The van der Waals surface area contributed by atoms with Crippen LogP contribution in [0.15, 0.2) is 133 Å². The van der Waals surface area contributed by atoms with Gasteiger partial charge in [0.1, 0.15) is 0 Å². The van der Waals surface area contributed by atoms with Crippen LogP contribution in [0.2, 0.25) is 0 Å². The first-order chi connectivity index (χ1) is 16.3. The number of hydrogen-bond acceptors (Lipinski definition) is 1. The Hall–Kier alpha value is -4.36. The summed E-state index contributed by atoms with van der Waals surface area (Å²) < 4.78 is 0. The summed E-state index contributed by atoms with van der Waals surface area (Å²) in [4.78, 5) is 0. The van der Waals surface area contributed by atoms with Crippen LogP contribution in [0.5, 0.6) is 0 Å². The second kappa shape index (κ2) is 8.29. The molecule has 0 aliphatic heterocycles. The van der Waals surface area contributed by atoms with E-state index in [0.717, 1.165) is 11.4 Å². The van der Waals surface area contributed by atoms with Crippen LogP contribution >= 0.6 is 0 Å². The van der Waals surface area contributed by atoms with Crippen LogP contribution in [-0.4, -0.2) is 0 Å². The van der Waals surface area contributed by atoms with Crippen molar-refractivity contribution < 1.29 is 0 Å². The van der Waals surface area contributed by atoms with Gasteiger partial charge >= 0.3 is 0 Å². The molecule has 1 heteroatoms. The summed E-state index contributed by atoms with van der Waals surface area (Å²) in [7, 11) is 0. The lowest BCUT2D eigenvalue weighted by atomic mass is 9.98. The third-order valence-electron chi connectivity index (χ3n) is 6.20. The molecule has 0 radical (unpaired) electrons. The SMILES string of the molecule is c1ccc(-c2ccc(Nc3ccc4cc(-c5ccc6ccccc6c5)ccc4c3)cc2)cc1. The molecular formula is C32H23N. The van der Waals surface area contributed by atoms with E-state index in [1.54, 1.807) is 0 Å². The average Bonchev–Trinajstić information content (AvgIpc) is 2.89. The second-order valence-corrected chi connectivity index (χ2v) is 8.41. The van der Waals surface area contributed by atoms with Crippen molar-refractivity contribution in [1.29, 1.82) is 0 Å². The molecule has 33 heavy (non-hydrogen) atoms. The Bertz CT molecular complexity index is 1560. The Kier molecular flexibility index (Phi) is 4.86. The first kappa shape index (κ1) is 19.3. The monoisotopic (exact) mass is 421 g/mol. The van der Waals surface area contributed by atoms with Gasteiger partial charge in [0.25, 0.3) is 0 Å². The predicted octanol–water partition coefficient (Wildman–Crippen LogP) is 9.07. The van der Waals surface area contributed by atoms with E-state index in [4.69, 9.17) is 0 Å². The van der Waals surface area contributed by atoms with E-state index in [1.807, 2.05) is 6.07 Å². The van der Waals surface area contributed by atoms with E-state index in [9.17, 15) is 0 Å². The molecule has 6 aromatic rings. The fraction of sp³-hybridized carbons (Fsp3) is 0. The number of fused-ring (bicyclic) bond motifs is 2. The number of benzene rings is 6. The van der Waals surface area contributed by atoms with Gasteiger partial charge in [-0.2, -0.15) is 0 Å². The smallest absolute Gasteiger partial charge is 0.0390 e. The minimum Gasteiger partial charge on any atom is -0.356 e. The topological polar surface area (TPSA) is 12.0 Å². The molecule has 6 aromatic carbocycles. The van der Waals surface area contributed by atoms with Crippen LogP contribution in [0.4, 0.5) is 11.4 Å². The fourth-order valence-electron chi connectivity index (χ4n) is 4.42. The summed E-state index contributed by atoms with van der Waals surface area (Å²) in [6.45, 7) is 0. The van der Waals surface area contributed by atoms with Gasteiger partial charge in [0.05, 0.1) is 0 Å². The molecule has 0 saturated carbocycles. The van der Waals surface area contributed by atoms with E-state index in [-0.39, 0.29) is 0 Å². The van der Waals surface area contributed by atoms with Gasteiger partial charge in [-0.05, 0) is 80.2 Å². The molecule has 0 bridgehead atoms. The first-order valence-electron chi connectivity index (χ1n) is 11.3. The van der Waals surface area contributed by atoms with Crippen LogP contribution in [-0.2, 0) is 0 Å². The highest BCUT2D eigenvalue weighted by atomic mass is 14.9. The molecule has 0 saturated heterocycles. The van der Waals surface area contributed by atoms with Gasteiger partial charge in [0.2, 0.25) is 0 Å².